The molecule has 0 bridgehead atoms. The number of hydrogen-bond acceptors (Lipinski definition) is 2. The van der Waals surface area contributed by atoms with Crippen molar-refractivity contribution in [3.63, 3.8) is 0 Å². The molecule has 0 spiro atoms. The predicted molar refractivity (Wildman–Crippen MR) is 46.4 cm³/mol. The van der Waals surface area contributed by atoms with Gasteiger partial charge in [-0.25, -0.2) is 9.97 Å². The van der Waals surface area contributed by atoms with Crippen molar-refractivity contribution in [1.29, 1.82) is 0 Å². The molecule has 0 radical (unpaired) electrons. The Labute approximate surface area is 70.7 Å². The molecule has 0 saturated heterocycles. The smallest absolute Gasteiger partial charge is 0.160 e. The van der Waals surface area contributed by atoms with Crippen LogP contribution >= 0.6 is 0 Å². The summed E-state index contributed by atoms with van der Waals surface area (Å²) < 4.78 is 1.98. The van der Waals surface area contributed by atoms with Crippen LogP contribution in [0.3, 0.4) is 0 Å². The van der Waals surface area contributed by atoms with Gasteiger partial charge in [-0.05, 0) is 12.1 Å². The summed E-state index contributed by atoms with van der Waals surface area (Å²) >= 11 is 0. The van der Waals surface area contributed by atoms with Gasteiger partial charge < -0.3 is 4.57 Å². The molecular formula is C9H9N3. The summed E-state index contributed by atoms with van der Waals surface area (Å²) in [6.07, 6.45) is 7.46. The van der Waals surface area contributed by atoms with Gasteiger partial charge in [0.05, 0.1) is 0 Å². The Bertz CT molecular complexity index is 364. The van der Waals surface area contributed by atoms with E-state index in [9.17, 15) is 0 Å². The molecule has 0 saturated carbocycles. The Balaban J connectivity index is 2.45. The number of hydrogen-bond donors (Lipinski definition) is 0. The van der Waals surface area contributed by atoms with E-state index in [4.69, 9.17) is 0 Å². The molecule has 0 aliphatic rings. The molecule has 0 aliphatic carbocycles. The van der Waals surface area contributed by atoms with Gasteiger partial charge in [-0.15, -0.1) is 0 Å². The zero-order valence-corrected chi connectivity index (χ0v) is 6.81. The van der Waals surface area contributed by atoms with Crippen molar-refractivity contribution in [2.24, 2.45) is 7.05 Å². The zero-order chi connectivity index (χ0) is 8.39. The largest absolute Gasteiger partial charge is 0.357 e. The monoisotopic (exact) mass is 159 g/mol. The average Bonchev–Trinajstić information content (AvgIpc) is 2.54. The first-order chi connectivity index (χ1) is 5.86. The van der Waals surface area contributed by atoms with E-state index in [-0.39, 0.29) is 0 Å². The van der Waals surface area contributed by atoms with E-state index in [0.717, 1.165) is 11.4 Å². The van der Waals surface area contributed by atoms with Gasteiger partial charge in [0.2, 0.25) is 0 Å². The fraction of sp³-hybridized carbons (Fsp3) is 0.111. The van der Waals surface area contributed by atoms with Gasteiger partial charge in [0.15, 0.2) is 5.82 Å². The molecule has 0 aliphatic heterocycles. The summed E-state index contributed by atoms with van der Waals surface area (Å²) in [5, 5.41) is 0. The molecule has 0 amide bonds. The second-order valence-electron chi connectivity index (χ2n) is 2.64. The van der Waals surface area contributed by atoms with Gasteiger partial charge in [0.25, 0.3) is 0 Å². The molecule has 0 aromatic carbocycles. The molecule has 0 unspecified atom stereocenters. The van der Waals surface area contributed by atoms with Gasteiger partial charge in [-0.3, -0.25) is 0 Å². The maximum absolute atomic E-state index is 4.14. The van der Waals surface area contributed by atoms with Crippen molar-refractivity contribution in [2.45, 2.75) is 0 Å². The molecule has 60 valence electrons. The van der Waals surface area contributed by atoms with Crippen LogP contribution in [-0.4, -0.2) is 14.5 Å². The van der Waals surface area contributed by atoms with Crippen molar-refractivity contribution >= 4 is 0 Å². The number of aryl methyl sites for hydroxylation is 1. The molecule has 3 nitrogen and oxygen atoms in total. The summed E-state index contributed by atoms with van der Waals surface area (Å²) in [5.74, 6) is 0.776. The summed E-state index contributed by atoms with van der Waals surface area (Å²) in [6.45, 7) is 0. The normalized spacial score (nSPS) is 10.1. The molecule has 12 heavy (non-hydrogen) atoms. The summed E-state index contributed by atoms with van der Waals surface area (Å²) in [6, 6.07) is 3.81. The lowest BCUT2D eigenvalue weighted by Crippen LogP contribution is -1.84. The topological polar surface area (TPSA) is 30.7 Å². The quantitative estimate of drug-likeness (QED) is 0.631. The minimum absolute atomic E-state index is 0.776. The fourth-order valence-electron chi connectivity index (χ4n) is 1.08. The number of rotatable bonds is 1. The highest BCUT2D eigenvalue weighted by Gasteiger charge is 1.98. The van der Waals surface area contributed by atoms with Crippen LogP contribution in [0.15, 0.2) is 36.9 Å². The van der Waals surface area contributed by atoms with Crippen LogP contribution in [0.5, 0.6) is 0 Å². The molecule has 0 N–H and O–H groups in total. The van der Waals surface area contributed by atoms with E-state index in [1.807, 2.05) is 36.1 Å². The minimum atomic E-state index is 0.776. The Morgan fingerprint density at radius 3 is 2.58 bits per heavy atom. The average molecular weight is 159 g/mol. The maximum Gasteiger partial charge on any atom is 0.160 e. The van der Waals surface area contributed by atoms with Gasteiger partial charge >= 0.3 is 0 Å². The molecule has 2 aromatic rings. The fourth-order valence-corrected chi connectivity index (χ4v) is 1.08. The molecule has 2 rings (SSSR count). The zero-order valence-electron chi connectivity index (χ0n) is 6.81. The lowest BCUT2D eigenvalue weighted by atomic mass is 10.3. The Hall–Kier alpha value is -1.64. The van der Waals surface area contributed by atoms with Gasteiger partial charge in [-0.1, -0.05) is 0 Å². The summed E-state index contributed by atoms with van der Waals surface area (Å²) in [5.41, 5.74) is 1.05. The highest BCUT2D eigenvalue weighted by molar-refractivity contribution is 5.52. The Kier molecular flexibility index (Phi) is 1.63. The third-order valence-corrected chi connectivity index (χ3v) is 1.66. The Morgan fingerprint density at radius 1 is 1.25 bits per heavy atom. The Morgan fingerprint density at radius 2 is 2.00 bits per heavy atom. The molecule has 0 atom stereocenters. The first-order valence-electron chi connectivity index (χ1n) is 3.75. The van der Waals surface area contributed by atoms with E-state index < -0.39 is 0 Å². The molecular weight excluding hydrogens is 150 g/mol. The van der Waals surface area contributed by atoms with Crippen molar-refractivity contribution in [3.8, 4) is 11.4 Å². The van der Waals surface area contributed by atoms with Crippen molar-refractivity contribution < 1.29 is 0 Å². The number of aromatic nitrogens is 3. The third kappa shape index (κ3) is 1.21. The van der Waals surface area contributed by atoms with Crippen LogP contribution < -0.4 is 0 Å². The van der Waals surface area contributed by atoms with Crippen molar-refractivity contribution in [3.05, 3.63) is 36.9 Å². The number of nitrogens with zero attached hydrogens (tertiary/aromatic N) is 3. The second kappa shape index (κ2) is 2.77. The molecule has 0 fully saturated rings. The maximum atomic E-state index is 4.14. The SMILES string of the molecule is Cn1ccc(-c2ncccn2)c1. The van der Waals surface area contributed by atoms with Crippen LogP contribution in [0.25, 0.3) is 11.4 Å². The lowest BCUT2D eigenvalue weighted by Gasteiger charge is -1.92. The second-order valence-corrected chi connectivity index (χ2v) is 2.64. The first-order valence-corrected chi connectivity index (χ1v) is 3.75. The van der Waals surface area contributed by atoms with Gasteiger partial charge in [-0.2, -0.15) is 0 Å². The van der Waals surface area contributed by atoms with E-state index >= 15 is 0 Å². The first kappa shape index (κ1) is 7.03. The standard InChI is InChI=1S/C9H9N3/c1-12-6-3-8(7-12)9-10-4-2-5-11-9/h2-7H,1H3. The van der Waals surface area contributed by atoms with Crippen molar-refractivity contribution in [1.82, 2.24) is 14.5 Å². The van der Waals surface area contributed by atoms with E-state index in [1.54, 1.807) is 12.4 Å². The third-order valence-electron chi connectivity index (χ3n) is 1.66. The van der Waals surface area contributed by atoms with Gasteiger partial charge in [0.1, 0.15) is 0 Å². The predicted octanol–water partition coefficient (Wildman–Crippen LogP) is 1.48. The minimum Gasteiger partial charge on any atom is -0.357 e. The highest BCUT2D eigenvalue weighted by Crippen LogP contribution is 2.12. The van der Waals surface area contributed by atoms with Crippen LogP contribution in [0, 0.1) is 0 Å². The van der Waals surface area contributed by atoms with Crippen LogP contribution in [-0.2, 0) is 7.05 Å². The highest BCUT2D eigenvalue weighted by atomic mass is 14.9. The summed E-state index contributed by atoms with van der Waals surface area (Å²) in [7, 11) is 1.98. The molecule has 3 heteroatoms. The lowest BCUT2D eigenvalue weighted by molar-refractivity contribution is 0.927. The van der Waals surface area contributed by atoms with Crippen molar-refractivity contribution in [2.75, 3.05) is 0 Å². The van der Waals surface area contributed by atoms with E-state index in [2.05, 4.69) is 9.97 Å². The van der Waals surface area contributed by atoms with Crippen LogP contribution in [0.4, 0.5) is 0 Å². The van der Waals surface area contributed by atoms with E-state index in [1.165, 1.54) is 0 Å². The summed E-state index contributed by atoms with van der Waals surface area (Å²) in [4.78, 5) is 8.28. The van der Waals surface area contributed by atoms with Crippen LogP contribution in [0.2, 0.25) is 0 Å². The van der Waals surface area contributed by atoms with Crippen LogP contribution in [0.1, 0.15) is 0 Å². The molecule has 2 aromatic heterocycles. The molecule has 2 heterocycles. The van der Waals surface area contributed by atoms with Gasteiger partial charge in [0, 0.05) is 37.4 Å². The van der Waals surface area contributed by atoms with E-state index in [0.29, 0.717) is 0 Å².